The van der Waals surface area contributed by atoms with Crippen LogP contribution in [0.25, 0.3) is 16.7 Å². The lowest BCUT2D eigenvalue weighted by molar-refractivity contribution is -0.116. The summed E-state index contributed by atoms with van der Waals surface area (Å²) in [5.74, 6) is 1.48. The minimum Gasteiger partial charge on any atom is -0.497 e. The van der Waals surface area contributed by atoms with Crippen molar-refractivity contribution in [3.05, 3.63) is 65.1 Å². The van der Waals surface area contributed by atoms with Gasteiger partial charge in [0.1, 0.15) is 16.9 Å². The molecule has 5 rings (SSSR count). The first-order chi connectivity index (χ1) is 16.1. The fourth-order valence-electron chi connectivity index (χ4n) is 3.87. The van der Waals surface area contributed by atoms with Crippen LogP contribution in [0.2, 0.25) is 0 Å². The van der Waals surface area contributed by atoms with Gasteiger partial charge in [0.15, 0.2) is 10.8 Å². The monoisotopic (exact) mass is 463 g/mol. The predicted molar refractivity (Wildman–Crippen MR) is 126 cm³/mol. The van der Waals surface area contributed by atoms with Crippen LogP contribution in [0.4, 0.5) is 5.69 Å². The molecule has 1 unspecified atom stereocenters. The van der Waals surface area contributed by atoms with Crippen molar-refractivity contribution in [2.75, 3.05) is 25.3 Å². The lowest BCUT2D eigenvalue weighted by Gasteiger charge is -2.15. The molecule has 1 amide bonds. The molecular weight excluding hydrogens is 442 g/mol. The standard InChI is InChI=1S/C23H21N5O4S/c1-31-16-8-9-19(32-2)18(11-16)25-20(29)10-15-13-33-23-26-21-17(22(30)27(15)23)12-24-28(21)14-6-4-3-5-7-14/h3-9,11-12,15H,10,13H2,1-2H3,(H,25,29). The van der Waals surface area contributed by atoms with Gasteiger partial charge >= 0.3 is 0 Å². The second kappa shape index (κ2) is 8.62. The molecule has 0 fully saturated rings. The van der Waals surface area contributed by atoms with Crippen LogP contribution in [-0.2, 0) is 4.79 Å². The second-order valence-corrected chi connectivity index (χ2v) is 8.47. The number of hydrogen-bond donors (Lipinski definition) is 1. The predicted octanol–water partition coefficient (Wildman–Crippen LogP) is 3.28. The van der Waals surface area contributed by atoms with E-state index in [-0.39, 0.29) is 23.9 Å². The third-order valence-electron chi connectivity index (χ3n) is 5.47. The van der Waals surface area contributed by atoms with Gasteiger partial charge in [-0.05, 0) is 24.3 Å². The van der Waals surface area contributed by atoms with Gasteiger partial charge in [0, 0.05) is 18.2 Å². The van der Waals surface area contributed by atoms with Crippen molar-refractivity contribution >= 4 is 34.4 Å². The number of thioether (sulfide) groups is 1. The maximum Gasteiger partial charge on any atom is 0.265 e. The van der Waals surface area contributed by atoms with Crippen LogP contribution >= 0.6 is 11.8 Å². The molecule has 10 heteroatoms. The van der Waals surface area contributed by atoms with Gasteiger partial charge in [0.25, 0.3) is 5.56 Å². The molecule has 3 heterocycles. The van der Waals surface area contributed by atoms with Crippen LogP contribution in [0.1, 0.15) is 12.5 Å². The number of anilines is 1. The number of hydrogen-bond acceptors (Lipinski definition) is 7. The summed E-state index contributed by atoms with van der Waals surface area (Å²) in [5.41, 5.74) is 1.66. The van der Waals surface area contributed by atoms with Gasteiger partial charge in [-0.3, -0.25) is 14.2 Å². The van der Waals surface area contributed by atoms with Crippen LogP contribution in [0.3, 0.4) is 0 Å². The van der Waals surface area contributed by atoms with Gasteiger partial charge in [-0.15, -0.1) is 0 Å². The lowest BCUT2D eigenvalue weighted by Crippen LogP contribution is -2.27. The van der Waals surface area contributed by atoms with Crippen molar-refractivity contribution in [1.82, 2.24) is 19.3 Å². The van der Waals surface area contributed by atoms with Gasteiger partial charge in [0.2, 0.25) is 5.91 Å². The van der Waals surface area contributed by atoms with Gasteiger partial charge in [-0.25, -0.2) is 9.67 Å². The summed E-state index contributed by atoms with van der Waals surface area (Å²) < 4.78 is 13.8. The third-order valence-corrected chi connectivity index (χ3v) is 6.57. The number of carbonyl (C=O) groups excluding carboxylic acids is 1. The summed E-state index contributed by atoms with van der Waals surface area (Å²) in [5, 5.41) is 8.25. The molecule has 1 aliphatic rings. The van der Waals surface area contributed by atoms with Crippen LogP contribution in [0, 0.1) is 0 Å². The second-order valence-electron chi connectivity index (χ2n) is 7.48. The molecule has 0 saturated heterocycles. The molecule has 2 aromatic heterocycles. The summed E-state index contributed by atoms with van der Waals surface area (Å²) >= 11 is 1.46. The van der Waals surface area contributed by atoms with Gasteiger partial charge in [-0.2, -0.15) is 5.10 Å². The Balaban J connectivity index is 1.42. The van der Waals surface area contributed by atoms with E-state index in [1.807, 2.05) is 30.3 Å². The molecule has 2 aromatic carbocycles. The number of nitrogens with one attached hydrogen (secondary N) is 1. The van der Waals surface area contributed by atoms with E-state index < -0.39 is 0 Å². The number of nitrogens with zero attached hydrogens (tertiary/aromatic N) is 4. The highest BCUT2D eigenvalue weighted by Gasteiger charge is 2.30. The topological polar surface area (TPSA) is 100 Å². The highest BCUT2D eigenvalue weighted by atomic mass is 32.2. The Morgan fingerprint density at radius 1 is 1.18 bits per heavy atom. The number of fused-ring (bicyclic) bond motifs is 2. The van der Waals surface area contributed by atoms with E-state index in [1.54, 1.807) is 34.6 Å². The Labute approximate surface area is 193 Å². The van der Waals surface area contributed by atoms with Gasteiger partial charge in [-0.1, -0.05) is 30.0 Å². The summed E-state index contributed by atoms with van der Waals surface area (Å²) in [6.45, 7) is 0. The molecule has 0 aliphatic carbocycles. The number of methoxy groups -OCH3 is 2. The smallest absolute Gasteiger partial charge is 0.265 e. The highest BCUT2D eigenvalue weighted by Crippen LogP contribution is 2.34. The Kier molecular flexibility index (Phi) is 5.51. The van der Waals surface area contributed by atoms with Crippen molar-refractivity contribution < 1.29 is 14.3 Å². The van der Waals surface area contributed by atoms with E-state index in [9.17, 15) is 9.59 Å². The van der Waals surface area contributed by atoms with Crippen LogP contribution in [-0.4, -0.2) is 45.2 Å². The average molecular weight is 464 g/mol. The number of para-hydroxylation sites is 1. The Bertz CT molecular complexity index is 1400. The number of benzene rings is 2. The Hall–Kier alpha value is -3.79. The zero-order valence-electron chi connectivity index (χ0n) is 18.0. The van der Waals surface area contributed by atoms with E-state index in [0.29, 0.717) is 39.1 Å². The number of carbonyl (C=O) groups is 1. The van der Waals surface area contributed by atoms with E-state index in [2.05, 4.69) is 10.4 Å². The fourth-order valence-corrected chi connectivity index (χ4v) is 5.00. The largest absolute Gasteiger partial charge is 0.497 e. The first kappa shape index (κ1) is 21.1. The summed E-state index contributed by atoms with van der Waals surface area (Å²) in [7, 11) is 3.09. The normalized spacial score (nSPS) is 14.8. The van der Waals surface area contributed by atoms with Crippen molar-refractivity contribution in [2.45, 2.75) is 17.6 Å². The van der Waals surface area contributed by atoms with Crippen LogP contribution in [0.5, 0.6) is 11.5 Å². The molecular formula is C23H21N5O4S. The third kappa shape index (κ3) is 3.82. The molecule has 1 atom stereocenters. The number of rotatable bonds is 6. The van der Waals surface area contributed by atoms with Crippen LogP contribution in [0.15, 0.2) is 64.7 Å². The highest BCUT2D eigenvalue weighted by molar-refractivity contribution is 7.99. The van der Waals surface area contributed by atoms with Crippen molar-refractivity contribution in [3.63, 3.8) is 0 Å². The zero-order chi connectivity index (χ0) is 22.9. The SMILES string of the molecule is COc1ccc(OC)c(NC(=O)CC2CSc3nc4c(cnn4-c4ccccc4)c(=O)n32)c1. The molecule has 4 aromatic rings. The van der Waals surface area contributed by atoms with E-state index in [0.717, 1.165) is 5.69 Å². The minimum atomic E-state index is -0.314. The first-order valence-electron chi connectivity index (χ1n) is 10.3. The maximum atomic E-state index is 13.3. The lowest BCUT2D eigenvalue weighted by atomic mass is 10.2. The molecule has 33 heavy (non-hydrogen) atoms. The summed E-state index contributed by atoms with van der Waals surface area (Å²) in [6, 6.07) is 14.4. The van der Waals surface area contributed by atoms with Crippen molar-refractivity contribution in [1.29, 1.82) is 0 Å². The number of ether oxygens (including phenoxy) is 2. The van der Waals surface area contributed by atoms with Crippen molar-refractivity contribution in [3.8, 4) is 17.2 Å². The van der Waals surface area contributed by atoms with Crippen molar-refractivity contribution in [2.24, 2.45) is 0 Å². The first-order valence-corrected chi connectivity index (χ1v) is 11.3. The Morgan fingerprint density at radius 2 is 2.00 bits per heavy atom. The van der Waals surface area contributed by atoms with E-state index in [1.165, 1.54) is 25.1 Å². The van der Waals surface area contributed by atoms with Gasteiger partial charge < -0.3 is 14.8 Å². The maximum absolute atomic E-state index is 13.3. The summed E-state index contributed by atoms with van der Waals surface area (Å²) in [4.78, 5) is 30.8. The summed E-state index contributed by atoms with van der Waals surface area (Å²) in [6.07, 6.45) is 1.66. The molecule has 0 radical (unpaired) electrons. The molecule has 0 bridgehead atoms. The molecule has 168 valence electrons. The molecule has 1 aliphatic heterocycles. The number of aromatic nitrogens is 4. The minimum absolute atomic E-state index is 0.125. The van der Waals surface area contributed by atoms with E-state index >= 15 is 0 Å². The quantitative estimate of drug-likeness (QED) is 0.438. The molecule has 1 N–H and O–H groups in total. The average Bonchev–Trinajstić information content (AvgIpc) is 3.44. The zero-order valence-corrected chi connectivity index (χ0v) is 18.8. The Morgan fingerprint density at radius 3 is 2.76 bits per heavy atom. The number of amides is 1. The van der Waals surface area contributed by atoms with E-state index in [4.69, 9.17) is 14.5 Å². The molecule has 0 saturated carbocycles. The van der Waals surface area contributed by atoms with Crippen LogP contribution < -0.4 is 20.3 Å². The molecule has 0 spiro atoms. The van der Waals surface area contributed by atoms with Gasteiger partial charge in [0.05, 0.1) is 37.8 Å². The fraction of sp³-hybridized carbons (Fsp3) is 0.217. The molecule has 9 nitrogen and oxygen atoms in total.